The predicted molar refractivity (Wildman–Crippen MR) is 101 cm³/mol. The van der Waals surface area contributed by atoms with Gasteiger partial charge in [0.25, 0.3) is 5.91 Å². The van der Waals surface area contributed by atoms with Crippen LogP contribution in [0.15, 0.2) is 24.3 Å². The highest BCUT2D eigenvalue weighted by Gasteiger charge is 2.34. The van der Waals surface area contributed by atoms with E-state index in [4.69, 9.17) is 4.74 Å². The van der Waals surface area contributed by atoms with E-state index in [0.717, 1.165) is 31.0 Å². The third-order valence-corrected chi connectivity index (χ3v) is 5.70. The lowest BCUT2D eigenvalue weighted by atomic mass is 9.84. The number of hydrogen-bond donors (Lipinski definition) is 2. The number of hydrogen-bond acceptors (Lipinski definition) is 7. The lowest BCUT2D eigenvalue weighted by Gasteiger charge is -2.44. The van der Waals surface area contributed by atoms with Crippen LogP contribution < -0.4 is 15.4 Å². The number of anilines is 1. The van der Waals surface area contributed by atoms with Gasteiger partial charge in [0.2, 0.25) is 11.0 Å². The summed E-state index contributed by atoms with van der Waals surface area (Å²) in [5.74, 6) is 0.886. The number of carbonyl (C=O) groups excluding carboxylic acids is 2. The van der Waals surface area contributed by atoms with Gasteiger partial charge < -0.3 is 20.3 Å². The van der Waals surface area contributed by atoms with Gasteiger partial charge in [0.05, 0.1) is 0 Å². The van der Waals surface area contributed by atoms with Crippen LogP contribution in [0.5, 0.6) is 10.9 Å². The Kier molecular flexibility index (Phi) is 5.04. The first-order valence-corrected chi connectivity index (χ1v) is 9.81. The summed E-state index contributed by atoms with van der Waals surface area (Å²) in [5, 5.41) is 14.1. The van der Waals surface area contributed by atoms with Gasteiger partial charge in [-0.05, 0) is 67.5 Å². The smallest absolute Gasteiger partial charge is 0.301 e. The minimum atomic E-state index is -0.212. The highest BCUT2D eigenvalue weighted by molar-refractivity contribution is 7.17. The number of carbonyl (C=O) groups is 2. The van der Waals surface area contributed by atoms with E-state index in [1.807, 2.05) is 0 Å². The van der Waals surface area contributed by atoms with Crippen LogP contribution in [-0.4, -0.2) is 52.6 Å². The average Bonchev–Trinajstić information content (AvgIpc) is 3.09. The molecule has 8 nitrogen and oxygen atoms in total. The van der Waals surface area contributed by atoms with Crippen LogP contribution in [-0.2, 0) is 4.79 Å². The third kappa shape index (κ3) is 4.25. The Bertz CT molecular complexity index is 830. The second kappa shape index (κ2) is 7.61. The zero-order valence-corrected chi connectivity index (χ0v) is 15.8. The van der Waals surface area contributed by atoms with Crippen molar-refractivity contribution in [1.82, 2.24) is 20.4 Å². The molecule has 3 fully saturated rings. The van der Waals surface area contributed by atoms with Crippen LogP contribution in [0.4, 0.5) is 5.13 Å². The first-order valence-electron chi connectivity index (χ1n) is 8.99. The predicted octanol–water partition coefficient (Wildman–Crippen LogP) is 2.11. The van der Waals surface area contributed by atoms with Crippen LogP contribution in [0, 0.1) is 5.92 Å². The molecule has 2 aromatic rings. The number of piperidine rings is 3. The van der Waals surface area contributed by atoms with E-state index < -0.39 is 0 Å². The van der Waals surface area contributed by atoms with Crippen molar-refractivity contribution in [1.29, 1.82) is 0 Å². The fourth-order valence-electron chi connectivity index (χ4n) is 3.61. The summed E-state index contributed by atoms with van der Waals surface area (Å²) in [7, 11) is 0. The zero-order valence-electron chi connectivity index (χ0n) is 15.0. The molecule has 5 rings (SSSR count). The van der Waals surface area contributed by atoms with Crippen molar-refractivity contribution in [3.05, 3.63) is 29.8 Å². The quantitative estimate of drug-likeness (QED) is 0.816. The van der Waals surface area contributed by atoms with Gasteiger partial charge in [0.15, 0.2) is 0 Å². The number of benzene rings is 1. The van der Waals surface area contributed by atoms with Crippen LogP contribution in [0.3, 0.4) is 0 Å². The molecule has 0 aliphatic carbocycles. The standard InChI is InChI=1S/C18H21N5O3S/c1-11(24)19-17-21-22-18(27-17)26-14-4-2-13(3-5-14)16(25)20-15-10-23-8-6-12(15)7-9-23/h2-5,12,15H,6-10H2,1H3,(H,20,25)(H,19,21,24)/t15-/m0/s1. The number of nitrogens with one attached hydrogen (secondary N) is 2. The van der Waals surface area contributed by atoms with Crippen molar-refractivity contribution < 1.29 is 14.3 Å². The van der Waals surface area contributed by atoms with Crippen molar-refractivity contribution >= 4 is 28.3 Å². The molecule has 0 radical (unpaired) electrons. The van der Waals surface area contributed by atoms with Gasteiger partial charge in [-0.15, -0.1) is 5.10 Å². The molecule has 27 heavy (non-hydrogen) atoms. The van der Waals surface area contributed by atoms with E-state index in [1.54, 1.807) is 24.3 Å². The van der Waals surface area contributed by atoms with Gasteiger partial charge in [-0.25, -0.2) is 0 Å². The van der Waals surface area contributed by atoms with Crippen molar-refractivity contribution in [3.63, 3.8) is 0 Å². The van der Waals surface area contributed by atoms with Crippen LogP contribution >= 0.6 is 11.3 Å². The molecular weight excluding hydrogens is 366 g/mol. The largest absolute Gasteiger partial charge is 0.430 e. The molecule has 1 aromatic heterocycles. The molecule has 3 aliphatic heterocycles. The Balaban J connectivity index is 1.35. The molecule has 9 heteroatoms. The first-order chi connectivity index (χ1) is 13.1. The Morgan fingerprint density at radius 3 is 2.56 bits per heavy atom. The number of ether oxygens (including phenoxy) is 1. The molecule has 142 valence electrons. The zero-order chi connectivity index (χ0) is 18.8. The summed E-state index contributed by atoms with van der Waals surface area (Å²) in [6.45, 7) is 4.66. The number of nitrogens with zero attached hydrogens (tertiary/aromatic N) is 3. The summed E-state index contributed by atoms with van der Waals surface area (Å²) < 4.78 is 5.62. The van der Waals surface area contributed by atoms with Crippen LogP contribution in [0.25, 0.3) is 0 Å². The lowest BCUT2D eigenvalue weighted by Crippen LogP contribution is -2.57. The van der Waals surface area contributed by atoms with Crippen molar-refractivity contribution in [2.75, 3.05) is 25.0 Å². The highest BCUT2D eigenvalue weighted by Crippen LogP contribution is 2.29. The summed E-state index contributed by atoms with van der Waals surface area (Å²) in [4.78, 5) is 26.0. The number of amides is 2. The molecule has 0 saturated carbocycles. The van der Waals surface area contributed by atoms with Gasteiger partial charge in [0.1, 0.15) is 5.75 Å². The summed E-state index contributed by atoms with van der Waals surface area (Å²) in [6, 6.07) is 7.17. The van der Waals surface area contributed by atoms with Gasteiger partial charge in [0, 0.05) is 25.1 Å². The van der Waals surface area contributed by atoms with E-state index in [0.29, 0.717) is 27.6 Å². The van der Waals surface area contributed by atoms with E-state index in [9.17, 15) is 9.59 Å². The van der Waals surface area contributed by atoms with E-state index in [-0.39, 0.29) is 17.9 Å². The van der Waals surface area contributed by atoms with Gasteiger partial charge in [-0.2, -0.15) is 0 Å². The van der Waals surface area contributed by atoms with E-state index in [1.165, 1.54) is 19.8 Å². The topological polar surface area (TPSA) is 96.5 Å². The summed E-state index contributed by atoms with van der Waals surface area (Å²) in [6.07, 6.45) is 2.33. The van der Waals surface area contributed by atoms with Crippen LogP contribution in [0.1, 0.15) is 30.1 Å². The maximum Gasteiger partial charge on any atom is 0.301 e. The molecule has 2 N–H and O–H groups in total. The SMILES string of the molecule is CC(=O)Nc1nnc(Oc2ccc(C(=O)N[C@H]3CN4CCC3CC4)cc2)s1. The summed E-state index contributed by atoms with van der Waals surface area (Å²) in [5.41, 5.74) is 0.606. The van der Waals surface area contributed by atoms with Gasteiger partial charge in [-0.1, -0.05) is 5.10 Å². The van der Waals surface area contributed by atoms with Crippen molar-refractivity contribution in [3.8, 4) is 10.9 Å². The maximum atomic E-state index is 12.5. The van der Waals surface area contributed by atoms with Crippen molar-refractivity contribution in [2.45, 2.75) is 25.8 Å². The normalized spacial score (nSPS) is 23.7. The van der Waals surface area contributed by atoms with Crippen molar-refractivity contribution in [2.24, 2.45) is 5.92 Å². The molecule has 0 spiro atoms. The monoisotopic (exact) mass is 387 g/mol. The molecule has 1 atom stereocenters. The maximum absolute atomic E-state index is 12.5. The van der Waals surface area contributed by atoms with E-state index in [2.05, 4.69) is 25.7 Å². The molecular formula is C18H21N5O3S. The molecule has 2 bridgehead atoms. The number of aromatic nitrogens is 2. The van der Waals surface area contributed by atoms with Gasteiger partial charge in [-0.3, -0.25) is 9.59 Å². The number of rotatable bonds is 5. The van der Waals surface area contributed by atoms with E-state index >= 15 is 0 Å². The molecule has 2 amide bonds. The molecule has 1 aromatic carbocycles. The number of fused-ring (bicyclic) bond motifs is 3. The molecule has 4 heterocycles. The Hall–Kier alpha value is -2.52. The second-order valence-electron chi connectivity index (χ2n) is 6.90. The second-order valence-corrected chi connectivity index (χ2v) is 7.84. The Labute approximate surface area is 160 Å². The first kappa shape index (κ1) is 17.9. The van der Waals surface area contributed by atoms with Crippen LogP contribution in [0.2, 0.25) is 0 Å². The highest BCUT2D eigenvalue weighted by atomic mass is 32.1. The fraction of sp³-hybridized carbons (Fsp3) is 0.444. The lowest BCUT2D eigenvalue weighted by molar-refractivity contribution is -0.114. The van der Waals surface area contributed by atoms with Gasteiger partial charge >= 0.3 is 5.19 Å². The summed E-state index contributed by atoms with van der Waals surface area (Å²) >= 11 is 1.14. The molecule has 3 aliphatic rings. The third-order valence-electron chi connectivity index (χ3n) is 4.98. The Morgan fingerprint density at radius 2 is 1.93 bits per heavy atom. The molecule has 0 unspecified atom stereocenters. The minimum Gasteiger partial charge on any atom is -0.430 e. The average molecular weight is 387 g/mol. The molecule has 3 saturated heterocycles. The Morgan fingerprint density at radius 1 is 1.19 bits per heavy atom. The minimum absolute atomic E-state index is 0.0517. The fourth-order valence-corrected chi connectivity index (χ4v) is 4.27.